The number of imidazole rings is 1. The second-order valence-electron chi connectivity index (χ2n) is 10.0. The van der Waals surface area contributed by atoms with Crippen LogP contribution < -0.4 is 10.2 Å². The number of piperidine rings is 1. The van der Waals surface area contributed by atoms with E-state index in [0.29, 0.717) is 17.3 Å². The molecule has 0 aliphatic carbocycles. The number of fused-ring (bicyclic) bond motifs is 1. The molecule has 0 amide bonds. The topological polar surface area (TPSA) is 94.4 Å². The van der Waals surface area contributed by atoms with E-state index in [0.717, 1.165) is 34.1 Å². The van der Waals surface area contributed by atoms with Crippen molar-refractivity contribution in [3.63, 3.8) is 0 Å². The van der Waals surface area contributed by atoms with E-state index in [1.807, 2.05) is 22.8 Å². The fourth-order valence-electron chi connectivity index (χ4n) is 5.00. The van der Waals surface area contributed by atoms with Crippen molar-refractivity contribution in [2.45, 2.75) is 57.7 Å². The summed E-state index contributed by atoms with van der Waals surface area (Å²) in [7, 11) is 2.13. The van der Waals surface area contributed by atoms with Crippen LogP contribution in [0.3, 0.4) is 0 Å². The highest BCUT2D eigenvalue weighted by atomic mass is 35.5. The van der Waals surface area contributed by atoms with E-state index >= 15 is 0 Å². The summed E-state index contributed by atoms with van der Waals surface area (Å²) in [6.45, 7) is 9.06. The number of anilines is 1. The van der Waals surface area contributed by atoms with E-state index in [-0.39, 0.29) is 29.2 Å². The molecule has 0 bridgehead atoms. The molecule has 0 spiro atoms. The highest BCUT2D eigenvalue weighted by Gasteiger charge is 2.39. The van der Waals surface area contributed by atoms with Crippen molar-refractivity contribution >= 4 is 33.8 Å². The molecule has 4 aromatic rings. The largest absolute Gasteiger partial charge is 0.507 e. The number of benzene rings is 1. The zero-order valence-corrected chi connectivity index (χ0v) is 21.1. The van der Waals surface area contributed by atoms with Gasteiger partial charge in [0.25, 0.3) is 0 Å². The number of aromatic amines is 1. The van der Waals surface area contributed by atoms with Gasteiger partial charge in [-0.2, -0.15) is 5.10 Å². The summed E-state index contributed by atoms with van der Waals surface area (Å²) in [5, 5.41) is 26.9. The molecule has 5 rings (SSSR count). The lowest BCUT2D eigenvalue weighted by Gasteiger charge is -2.48. The Hall–Kier alpha value is -2.62. The van der Waals surface area contributed by atoms with Gasteiger partial charge in [-0.3, -0.25) is 5.10 Å². The first kappa shape index (κ1) is 23.5. The number of phenols is 1. The van der Waals surface area contributed by atoms with Gasteiger partial charge in [0.2, 0.25) is 10.1 Å². The molecular formula is C23H30ClN7OS. The summed E-state index contributed by atoms with van der Waals surface area (Å²) in [6, 6.07) is 5.98. The molecule has 0 saturated carbocycles. The van der Waals surface area contributed by atoms with Gasteiger partial charge in [0.05, 0.1) is 18.1 Å². The zero-order chi connectivity index (χ0) is 22.7. The number of rotatable bonds is 4. The molecule has 1 fully saturated rings. The maximum atomic E-state index is 10.6. The Kier molecular flexibility index (Phi) is 5.92. The maximum Gasteiger partial charge on any atom is 0.214 e. The Bertz CT molecular complexity index is 1210. The summed E-state index contributed by atoms with van der Waals surface area (Å²) in [4.78, 5) is 7.85. The van der Waals surface area contributed by atoms with Crippen molar-refractivity contribution in [3.8, 4) is 28.1 Å². The van der Waals surface area contributed by atoms with Crippen LogP contribution in [0.1, 0.15) is 40.5 Å². The standard InChI is InChI=1S/C23H29N7OS.ClH/c1-22(2)9-16(10-23(3,4)28-22)29(5)21-27-30-13-18(26-20(30)32-21)17-7-6-14(8-19(17)31)15-11-24-25-12-15;/h6-8,11-13,16,28,31H,9-10H2,1-5H3,(H,24,25);1H. The first-order valence-electron chi connectivity index (χ1n) is 10.8. The average Bonchev–Trinajstić information content (AvgIpc) is 3.41. The van der Waals surface area contributed by atoms with Gasteiger partial charge in [0.1, 0.15) is 5.75 Å². The van der Waals surface area contributed by atoms with Crippen LogP contribution in [0.4, 0.5) is 5.13 Å². The van der Waals surface area contributed by atoms with E-state index in [9.17, 15) is 5.11 Å². The van der Waals surface area contributed by atoms with E-state index in [1.165, 1.54) is 0 Å². The lowest BCUT2D eigenvalue weighted by molar-refractivity contribution is 0.161. The Morgan fingerprint density at radius 2 is 1.88 bits per heavy atom. The van der Waals surface area contributed by atoms with Crippen molar-refractivity contribution in [2.24, 2.45) is 0 Å². The Morgan fingerprint density at radius 1 is 1.15 bits per heavy atom. The van der Waals surface area contributed by atoms with Crippen LogP contribution in [0, 0.1) is 0 Å². The van der Waals surface area contributed by atoms with Gasteiger partial charge in [0.15, 0.2) is 0 Å². The molecule has 0 unspecified atom stereocenters. The molecule has 33 heavy (non-hydrogen) atoms. The predicted octanol–water partition coefficient (Wildman–Crippen LogP) is 4.72. The van der Waals surface area contributed by atoms with Crippen LogP contribution in [-0.4, -0.2) is 54.1 Å². The number of halogens is 1. The fraction of sp³-hybridized carbons (Fsp3) is 0.435. The third kappa shape index (κ3) is 4.58. The molecule has 0 atom stereocenters. The van der Waals surface area contributed by atoms with Gasteiger partial charge in [0, 0.05) is 41.5 Å². The van der Waals surface area contributed by atoms with Crippen LogP contribution in [0.15, 0.2) is 36.8 Å². The lowest BCUT2D eigenvalue weighted by atomic mass is 9.79. The second-order valence-corrected chi connectivity index (χ2v) is 11.0. The number of H-pyrrole nitrogens is 1. The first-order chi connectivity index (χ1) is 15.1. The zero-order valence-electron chi connectivity index (χ0n) is 19.5. The minimum Gasteiger partial charge on any atom is -0.507 e. The summed E-state index contributed by atoms with van der Waals surface area (Å²) in [6.07, 6.45) is 7.52. The average molecular weight is 488 g/mol. The minimum atomic E-state index is 0. The van der Waals surface area contributed by atoms with Crippen LogP contribution in [-0.2, 0) is 0 Å². The highest BCUT2D eigenvalue weighted by molar-refractivity contribution is 7.20. The van der Waals surface area contributed by atoms with Gasteiger partial charge >= 0.3 is 0 Å². The summed E-state index contributed by atoms with van der Waals surface area (Å²) >= 11 is 1.57. The van der Waals surface area contributed by atoms with Crippen LogP contribution >= 0.6 is 23.7 Å². The lowest BCUT2D eigenvalue weighted by Crippen LogP contribution is -2.61. The van der Waals surface area contributed by atoms with Gasteiger partial charge in [-0.05, 0) is 58.2 Å². The predicted molar refractivity (Wildman–Crippen MR) is 136 cm³/mol. The monoisotopic (exact) mass is 487 g/mol. The summed E-state index contributed by atoms with van der Waals surface area (Å²) in [5.74, 6) is 0.186. The first-order valence-corrected chi connectivity index (χ1v) is 11.6. The Balaban J connectivity index is 0.00000259. The number of hydrogen-bond donors (Lipinski definition) is 3. The Morgan fingerprint density at radius 3 is 2.48 bits per heavy atom. The molecule has 3 N–H and O–H groups in total. The van der Waals surface area contributed by atoms with Crippen molar-refractivity contribution < 1.29 is 5.11 Å². The molecule has 1 aromatic carbocycles. The molecule has 10 heteroatoms. The van der Waals surface area contributed by atoms with E-state index in [4.69, 9.17) is 10.1 Å². The summed E-state index contributed by atoms with van der Waals surface area (Å²) in [5.41, 5.74) is 3.37. The van der Waals surface area contributed by atoms with Gasteiger partial charge in [-0.15, -0.1) is 17.5 Å². The molecule has 1 saturated heterocycles. The van der Waals surface area contributed by atoms with Crippen LogP contribution in [0.25, 0.3) is 27.3 Å². The van der Waals surface area contributed by atoms with E-state index in [1.54, 1.807) is 29.8 Å². The summed E-state index contributed by atoms with van der Waals surface area (Å²) < 4.78 is 1.81. The third-order valence-electron chi connectivity index (χ3n) is 6.16. The number of phenolic OH excluding ortho intramolecular Hbond substituents is 1. The number of aromatic nitrogens is 5. The molecule has 4 heterocycles. The van der Waals surface area contributed by atoms with Gasteiger partial charge in [-0.25, -0.2) is 9.50 Å². The number of hydrogen-bond acceptors (Lipinski definition) is 7. The molecule has 0 radical (unpaired) electrons. The molecule has 1 aliphatic rings. The maximum absolute atomic E-state index is 10.6. The number of nitrogens with one attached hydrogen (secondary N) is 2. The van der Waals surface area contributed by atoms with Gasteiger partial charge < -0.3 is 15.3 Å². The molecule has 1 aliphatic heterocycles. The number of nitrogens with zero attached hydrogens (tertiary/aromatic N) is 5. The van der Waals surface area contributed by atoms with Crippen molar-refractivity contribution in [3.05, 3.63) is 36.8 Å². The smallest absolute Gasteiger partial charge is 0.214 e. The fourth-order valence-corrected chi connectivity index (χ4v) is 5.91. The SMILES string of the molecule is CN(c1nn2cc(-c3ccc(-c4cn[nH]c4)cc3O)nc2s1)C1CC(C)(C)NC(C)(C)C1.Cl. The molecule has 8 nitrogen and oxygen atoms in total. The van der Waals surface area contributed by atoms with Gasteiger partial charge in [-0.1, -0.05) is 17.4 Å². The molecule has 3 aromatic heterocycles. The Labute approximate surface area is 203 Å². The highest BCUT2D eigenvalue weighted by Crippen LogP contribution is 2.36. The molecular weight excluding hydrogens is 458 g/mol. The van der Waals surface area contributed by atoms with E-state index in [2.05, 4.69) is 55.2 Å². The van der Waals surface area contributed by atoms with Crippen molar-refractivity contribution in [1.82, 2.24) is 30.1 Å². The van der Waals surface area contributed by atoms with Crippen molar-refractivity contribution in [1.29, 1.82) is 0 Å². The van der Waals surface area contributed by atoms with Crippen molar-refractivity contribution in [2.75, 3.05) is 11.9 Å². The van der Waals surface area contributed by atoms with Crippen LogP contribution in [0.2, 0.25) is 0 Å². The van der Waals surface area contributed by atoms with Crippen LogP contribution in [0.5, 0.6) is 5.75 Å². The second kappa shape index (κ2) is 8.30. The molecule has 176 valence electrons. The number of aromatic hydroxyl groups is 1. The third-order valence-corrected chi connectivity index (χ3v) is 7.17. The quantitative estimate of drug-likeness (QED) is 0.385. The normalized spacial score (nSPS) is 17.7. The minimum absolute atomic E-state index is 0. The van der Waals surface area contributed by atoms with E-state index < -0.39 is 0 Å².